The van der Waals surface area contributed by atoms with Crippen LogP contribution in [-0.4, -0.2) is 26.1 Å². The largest absolute Gasteiger partial charge is 0.353 e. The summed E-state index contributed by atoms with van der Waals surface area (Å²) in [6, 6.07) is 7.06. The van der Waals surface area contributed by atoms with E-state index >= 15 is 0 Å². The van der Waals surface area contributed by atoms with E-state index in [1.54, 1.807) is 24.3 Å². The SMILES string of the molecule is O=C(NC1CCC(CS(=O)(=O)c2ccc(Br)cc2)CC1)C1CC1. The highest BCUT2D eigenvalue weighted by Crippen LogP contribution is 2.31. The van der Waals surface area contributed by atoms with Crippen molar-refractivity contribution in [3.05, 3.63) is 28.7 Å². The maximum Gasteiger partial charge on any atom is 0.223 e. The van der Waals surface area contributed by atoms with Gasteiger partial charge in [0.25, 0.3) is 0 Å². The van der Waals surface area contributed by atoms with E-state index < -0.39 is 9.84 Å². The molecule has 0 unspecified atom stereocenters. The molecule has 126 valence electrons. The molecular formula is C17H22BrNO3S. The molecule has 4 nitrogen and oxygen atoms in total. The van der Waals surface area contributed by atoms with Crippen molar-refractivity contribution in [1.29, 1.82) is 0 Å². The van der Waals surface area contributed by atoms with E-state index in [9.17, 15) is 13.2 Å². The summed E-state index contributed by atoms with van der Waals surface area (Å²) in [5.74, 6) is 0.830. The van der Waals surface area contributed by atoms with Gasteiger partial charge in [-0.3, -0.25) is 4.79 Å². The van der Waals surface area contributed by atoms with Gasteiger partial charge in [-0.15, -0.1) is 0 Å². The molecule has 1 aromatic rings. The van der Waals surface area contributed by atoms with Crippen LogP contribution in [0.15, 0.2) is 33.6 Å². The molecule has 2 aliphatic carbocycles. The third-order valence-electron chi connectivity index (χ3n) is 4.77. The Kier molecular flexibility index (Phi) is 5.11. The monoisotopic (exact) mass is 399 g/mol. The van der Waals surface area contributed by atoms with E-state index in [-0.39, 0.29) is 29.5 Å². The summed E-state index contributed by atoms with van der Waals surface area (Å²) >= 11 is 3.32. The van der Waals surface area contributed by atoms with Crippen LogP contribution in [0.5, 0.6) is 0 Å². The minimum atomic E-state index is -3.23. The highest BCUT2D eigenvalue weighted by molar-refractivity contribution is 9.10. The molecule has 0 aromatic heterocycles. The third kappa shape index (κ3) is 4.57. The van der Waals surface area contributed by atoms with E-state index in [0.29, 0.717) is 4.90 Å². The van der Waals surface area contributed by atoms with Crippen LogP contribution in [0.2, 0.25) is 0 Å². The molecule has 3 rings (SSSR count). The van der Waals surface area contributed by atoms with E-state index in [0.717, 1.165) is 43.0 Å². The first-order valence-corrected chi connectivity index (χ1v) is 10.7. The molecule has 6 heteroatoms. The standard InChI is InChI=1S/C17H22BrNO3S/c18-14-5-9-16(10-6-14)23(21,22)11-12-1-7-15(8-2-12)19-17(20)13-3-4-13/h5-6,9-10,12-13,15H,1-4,7-8,11H2,(H,19,20). The van der Waals surface area contributed by atoms with Crippen LogP contribution in [-0.2, 0) is 14.6 Å². The normalized spacial score (nSPS) is 25.1. The Hall–Kier alpha value is -0.880. The fourth-order valence-corrected chi connectivity index (χ4v) is 5.15. The molecule has 0 aliphatic heterocycles. The van der Waals surface area contributed by atoms with Gasteiger partial charge in [-0.1, -0.05) is 15.9 Å². The molecule has 2 aliphatic rings. The molecule has 0 bridgehead atoms. The zero-order chi connectivity index (χ0) is 16.4. The van der Waals surface area contributed by atoms with Gasteiger partial charge in [0.1, 0.15) is 0 Å². The predicted molar refractivity (Wildman–Crippen MR) is 92.8 cm³/mol. The smallest absolute Gasteiger partial charge is 0.223 e. The third-order valence-corrected chi connectivity index (χ3v) is 7.20. The molecule has 2 fully saturated rings. The second-order valence-corrected chi connectivity index (χ2v) is 9.69. The van der Waals surface area contributed by atoms with Crippen molar-refractivity contribution in [3.63, 3.8) is 0 Å². The summed E-state index contributed by atoms with van der Waals surface area (Å²) in [5.41, 5.74) is 0. The minimum Gasteiger partial charge on any atom is -0.353 e. The van der Waals surface area contributed by atoms with Crippen molar-refractivity contribution in [3.8, 4) is 0 Å². The number of carbonyl (C=O) groups is 1. The van der Waals surface area contributed by atoms with Gasteiger partial charge in [-0.25, -0.2) is 8.42 Å². The molecule has 1 N–H and O–H groups in total. The fourth-order valence-electron chi connectivity index (χ4n) is 3.19. The second kappa shape index (κ2) is 6.93. The minimum absolute atomic E-state index is 0.191. The van der Waals surface area contributed by atoms with E-state index in [1.165, 1.54) is 0 Å². The van der Waals surface area contributed by atoms with Crippen molar-refractivity contribution in [2.75, 3.05) is 5.75 Å². The molecule has 0 heterocycles. The molecule has 2 saturated carbocycles. The van der Waals surface area contributed by atoms with Gasteiger partial charge >= 0.3 is 0 Å². The zero-order valence-corrected chi connectivity index (χ0v) is 15.4. The highest BCUT2D eigenvalue weighted by Gasteiger charge is 2.32. The summed E-state index contributed by atoms with van der Waals surface area (Å²) < 4.78 is 25.8. The Labute approximate surface area is 146 Å². The van der Waals surface area contributed by atoms with E-state index in [4.69, 9.17) is 0 Å². The fraction of sp³-hybridized carbons (Fsp3) is 0.588. The molecule has 1 amide bonds. The molecule has 1 aromatic carbocycles. The maximum atomic E-state index is 12.5. The quantitative estimate of drug-likeness (QED) is 0.825. The summed E-state index contributed by atoms with van der Waals surface area (Å²) in [5, 5.41) is 3.11. The number of halogens is 1. The van der Waals surface area contributed by atoms with Crippen LogP contribution in [0.25, 0.3) is 0 Å². The summed E-state index contributed by atoms with van der Waals surface area (Å²) in [7, 11) is -3.23. The van der Waals surface area contributed by atoms with Crippen molar-refractivity contribution in [2.24, 2.45) is 11.8 Å². The van der Waals surface area contributed by atoms with Gasteiger partial charge in [0.2, 0.25) is 5.91 Å². The van der Waals surface area contributed by atoms with Crippen LogP contribution in [0.4, 0.5) is 0 Å². The summed E-state index contributed by atoms with van der Waals surface area (Å²) in [6.45, 7) is 0. The van der Waals surface area contributed by atoms with E-state index in [1.807, 2.05) is 0 Å². The van der Waals surface area contributed by atoms with Gasteiger partial charge in [-0.05, 0) is 68.7 Å². The molecule has 0 saturated heterocycles. The number of sulfone groups is 1. The maximum absolute atomic E-state index is 12.5. The Bertz CT molecular complexity index is 660. The molecular weight excluding hydrogens is 378 g/mol. The average Bonchev–Trinajstić information content (AvgIpc) is 3.34. The zero-order valence-electron chi connectivity index (χ0n) is 13.0. The Morgan fingerprint density at radius 1 is 1.04 bits per heavy atom. The number of carbonyl (C=O) groups excluding carboxylic acids is 1. The van der Waals surface area contributed by atoms with Gasteiger partial charge in [0, 0.05) is 16.4 Å². The Morgan fingerprint density at radius 3 is 2.22 bits per heavy atom. The lowest BCUT2D eigenvalue weighted by molar-refractivity contribution is -0.123. The number of hydrogen-bond acceptors (Lipinski definition) is 3. The lowest BCUT2D eigenvalue weighted by atomic mass is 9.87. The number of amides is 1. The number of nitrogens with one attached hydrogen (secondary N) is 1. The average molecular weight is 400 g/mol. The Morgan fingerprint density at radius 2 is 1.65 bits per heavy atom. The number of rotatable bonds is 5. The lowest BCUT2D eigenvalue weighted by Gasteiger charge is -2.29. The van der Waals surface area contributed by atoms with Gasteiger partial charge in [0.05, 0.1) is 10.6 Å². The van der Waals surface area contributed by atoms with Gasteiger partial charge in [-0.2, -0.15) is 0 Å². The first-order chi connectivity index (χ1) is 10.9. The van der Waals surface area contributed by atoms with Crippen LogP contribution in [0.1, 0.15) is 38.5 Å². The first-order valence-electron chi connectivity index (χ1n) is 8.23. The molecule has 0 spiro atoms. The number of benzene rings is 1. The number of hydrogen-bond donors (Lipinski definition) is 1. The van der Waals surface area contributed by atoms with E-state index in [2.05, 4.69) is 21.2 Å². The van der Waals surface area contributed by atoms with Gasteiger partial charge in [0.15, 0.2) is 9.84 Å². The van der Waals surface area contributed by atoms with Crippen LogP contribution < -0.4 is 5.32 Å². The predicted octanol–water partition coefficient (Wildman–Crippen LogP) is 3.31. The van der Waals surface area contributed by atoms with Crippen LogP contribution in [0, 0.1) is 11.8 Å². The Balaban J connectivity index is 1.51. The van der Waals surface area contributed by atoms with Crippen molar-refractivity contribution in [1.82, 2.24) is 5.32 Å². The van der Waals surface area contributed by atoms with Gasteiger partial charge < -0.3 is 5.32 Å². The molecule has 23 heavy (non-hydrogen) atoms. The summed E-state index contributed by atoms with van der Waals surface area (Å²) in [6.07, 6.45) is 5.55. The van der Waals surface area contributed by atoms with Crippen LogP contribution in [0.3, 0.4) is 0 Å². The second-order valence-electron chi connectivity index (χ2n) is 6.74. The topological polar surface area (TPSA) is 63.2 Å². The van der Waals surface area contributed by atoms with Crippen LogP contribution >= 0.6 is 15.9 Å². The first kappa shape index (κ1) is 17.0. The van der Waals surface area contributed by atoms with Crippen molar-refractivity contribution >= 4 is 31.7 Å². The highest BCUT2D eigenvalue weighted by atomic mass is 79.9. The van der Waals surface area contributed by atoms with Crippen molar-refractivity contribution < 1.29 is 13.2 Å². The lowest BCUT2D eigenvalue weighted by Crippen LogP contribution is -2.39. The molecule has 0 atom stereocenters. The van der Waals surface area contributed by atoms with Crippen molar-refractivity contribution in [2.45, 2.75) is 49.5 Å². The molecule has 0 radical (unpaired) electrons. The summed E-state index contributed by atoms with van der Waals surface area (Å²) in [4.78, 5) is 12.2.